The summed E-state index contributed by atoms with van der Waals surface area (Å²) in [5.74, 6) is 1.32. The molecule has 3 aliphatic rings. The molecule has 1 amide bonds. The van der Waals surface area contributed by atoms with Gasteiger partial charge in [-0.05, 0) is 90.8 Å². The van der Waals surface area contributed by atoms with E-state index in [2.05, 4.69) is 66.0 Å². The molecular formula is C37H38ClN3O3. The van der Waals surface area contributed by atoms with E-state index in [0.717, 1.165) is 84.2 Å². The van der Waals surface area contributed by atoms with Gasteiger partial charge in [-0.2, -0.15) is 4.98 Å². The molecule has 6 nitrogen and oxygen atoms in total. The van der Waals surface area contributed by atoms with Gasteiger partial charge < -0.3 is 20.5 Å². The third-order valence-corrected chi connectivity index (χ3v) is 9.85. The first-order chi connectivity index (χ1) is 21.5. The zero-order chi connectivity index (χ0) is 30.2. The summed E-state index contributed by atoms with van der Waals surface area (Å²) in [7, 11) is 1.65. The summed E-state index contributed by atoms with van der Waals surface area (Å²) < 4.78 is 12.1. The van der Waals surface area contributed by atoms with Crippen LogP contribution in [0.1, 0.15) is 66.0 Å². The van der Waals surface area contributed by atoms with Gasteiger partial charge in [0.25, 0.3) is 0 Å². The summed E-state index contributed by atoms with van der Waals surface area (Å²) in [5, 5.41) is 3.81. The van der Waals surface area contributed by atoms with Crippen LogP contribution in [0.5, 0.6) is 11.8 Å². The van der Waals surface area contributed by atoms with Gasteiger partial charge >= 0.3 is 0 Å². The molecule has 4 aromatic rings. The lowest BCUT2D eigenvalue weighted by Crippen LogP contribution is -2.25. The van der Waals surface area contributed by atoms with E-state index in [1.54, 1.807) is 7.11 Å². The number of aryl methyl sites for hydroxylation is 1. The van der Waals surface area contributed by atoms with Crippen LogP contribution in [0.2, 0.25) is 5.02 Å². The highest BCUT2D eigenvalue weighted by Gasteiger charge is 2.28. The number of aromatic nitrogens is 1. The van der Waals surface area contributed by atoms with Crippen molar-refractivity contribution in [3.8, 4) is 34.0 Å². The maximum atomic E-state index is 11.5. The van der Waals surface area contributed by atoms with Gasteiger partial charge in [-0.25, -0.2) is 0 Å². The van der Waals surface area contributed by atoms with Crippen molar-refractivity contribution < 1.29 is 14.3 Å². The number of fused-ring (bicyclic) bond motifs is 2. The average molecular weight is 608 g/mol. The fraction of sp³-hybridized carbons (Fsp3) is 0.351. The van der Waals surface area contributed by atoms with Crippen molar-refractivity contribution in [2.75, 3.05) is 7.11 Å². The van der Waals surface area contributed by atoms with Crippen LogP contribution in [0.3, 0.4) is 0 Å². The molecule has 0 spiro atoms. The number of carbonyl (C=O) groups is 1. The first-order valence-electron chi connectivity index (χ1n) is 15.7. The number of pyridine rings is 1. The average Bonchev–Trinajstić information content (AvgIpc) is 3.75. The second-order valence-electron chi connectivity index (χ2n) is 12.4. The molecule has 7 rings (SSSR count). The number of halogens is 1. The number of carbonyl (C=O) groups excluding carboxylic acids is 1. The lowest BCUT2D eigenvalue weighted by Gasteiger charge is -2.17. The van der Waals surface area contributed by atoms with Gasteiger partial charge in [0.2, 0.25) is 17.7 Å². The lowest BCUT2D eigenvalue weighted by molar-refractivity contribution is -0.119. The molecule has 2 aliphatic carbocycles. The number of benzene rings is 3. The summed E-state index contributed by atoms with van der Waals surface area (Å²) in [4.78, 5) is 16.2. The van der Waals surface area contributed by atoms with E-state index in [9.17, 15) is 4.79 Å². The SMILES string of the molecule is COc1nc(O[C@H]2CCc3c(-c4cccc(-c5ccc6c(c5)C[C@@H](N)C6)c4Cl)cccc32)ccc1CCC[C@@H]1CCC(=O)N1. The van der Waals surface area contributed by atoms with E-state index in [4.69, 9.17) is 31.8 Å². The highest BCUT2D eigenvalue weighted by atomic mass is 35.5. The van der Waals surface area contributed by atoms with Crippen LogP contribution < -0.4 is 20.5 Å². The quantitative estimate of drug-likeness (QED) is 0.211. The van der Waals surface area contributed by atoms with Crippen LogP contribution in [0, 0.1) is 0 Å². The third kappa shape index (κ3) is 5.69. The first kappa shape index (κ1) is 28.9. The van der Waals surface area contributed by atoms with E-state index < -0.39 is 0 Å². The Morgan fingerprint density at radius 3 is 2.61 bits per heavy atom. The zero-order valence-corrected chi connectivity index (χ0v) is 25.8. The van der Waals surface area contributed by atoms with Gasteiger partial charge in [0, 0.05) is 41.3 Å². The number of hydrogen-bond acceptors (Lipinski definition) is 5. The van der Waals surface area contributed by atoms with Gasteiger partial charge in [-0.3, -0.25) is 4.79 Å². The standard InChI is InChI=1S/C37H38ClN3O3/c1-43-37-22(5-2-6-27-14-17-34(42)40-27)13-18-35(41-37)44-33-16-15-30-29(8-4-9-31(30)33)32-10-3-7-28(36(32)38)24-12-11-23-20-26(39)21-25(23)19-24/h3-4,7-13,18-19,26-27,33H,2,5-6,14-17,20-21,39H2,1H3,(H,40,42)/t26-,27+,33-/m0/s1. The number of hydrogen-bond donors (Lipinski definition) is 2. The monoisotopic (exact) mass is 607 g/mol. The molecule has 0 saturated carbocycles. The van der Waals surface area contributed by atoms with E-state index in [0.29, 0.717) is 18.2 Å². The number of nitrogens with two attached hydrogens (primary N) is 1. The Hall–Kier alpha value is -3.87. The van der Waals surface area contributed by atoms with E-state index in [1.165, 1.54) is 22.3 Å². The minimum absolute atomic E-state index is 0.0955. The molecular weight excluding hydrogens is 570 g/mol. The van der Waals surface area contributed by atoms with Gasteiger partial charge in [-0.15, -0.1) is 0 Å². The second kappa shape index (κ2) is 12.3. The van der Waals surface area contributed by atoms with E-state index in [-0.39, 0.29) is 24.1 Å². The van der Waals surface area contributed by atoms with Crippen LogP contribution in [0.15, 0.2) is 66.7 Å². The van der Waals surface area contributed by atoms with Gasteiger partial charge in [-0.1, -0.05) is 66.2 Å². The van der Waals surface area contributed by atoms with Gasteiger partial charge in [0.15, 0.2) is 0 Å². The van der Waals surface area contributed by atoms with Crippen LogP contribution in [-0.4, -0.2) is 30.1 Å². The molecule has 3 N–H and O–H groups in total. The number of amides is 1. The van der Waals surface area contributed by atoms with Crippen LogP contribution in [0.4, 0.5) is 0 Å². The van der Waals surface area contributed by atoms with Crippen molar-refractivity contribution >= 4 is 17.5 Å². The van der Waals surface area contributed by atoms with Crippen molar-refractivity contribution in [3.05, 3.63) is 99.6 Å². The van der Waals surface area contributed by atoms with E-state index >= 15 is 0 Å². The molecule has 7 heteroatoms. The third-order valence-electron chi connectivity index (χ3n) is 9.44. The molecule has 2 heterocycles. The minimum atomic E-state index is -0.0955. The number of ether oxygens (including phenoxy) is 2. The number of rotatable bonds is 9. The highest BCUT2D eigenvalue weighted by molar-refractivity contribution is 6.36. The first-order valence-corrected chi connectivity index (χ1v) is 16.1. The van der Waals surface area contributed by atoms with Crippen LogP contribution in [-0.2, 0) is 30.5 Å². The number of nitrogens with zero attached hydrogens (tertiary/aromatic N) is 1. The predicted octanol–water partition coefficient (Wildman–Crippen LogP) is 7.17. The smallest absolute Gasteiger partial charge is 0.220 e. The molecule has 0 radical (unpaired) electrons. The Balaban J connectivity index is 1.09. The van der Waals surface area contributed by atoms with Gasteiger partial charge in [0.1, 0.15) is 6.10 Å². The lowest BCUT2D eigenvalue weighted by atomic mass is 9.93. The summed E-state index contributed by atoms with van der Waals surface area (Å²) in [6.07, 6.45) is 7.87. The summed E-state index contributed by atoms with van der Waals surface area (Å²) in [6.45, 7) is 0. The van der Waals surface area contributed by atoms with Crippen molar-refractivity contribution in [2.45, 2.75) is 76.0 Å². The second-order valence-corrected chi connectivity index (χ2v) is 12.7. The highest BCUT2D eigenvalue weighted by Crippen LogP contribution is 2.44. The molecule has 1 aliphatic heterocycles. The van der Waals surface area contributed by atoms with Crippen molar-refractivity contribution in [1.29, 1.82) is 0 Å². The minimum Gasteiger partial charge on any atom is -0.481 e. The van der Waals surface area contributed by atoms with E-state index in [1.807, 2.05) is 6.07 Å². The molecule has 1 fully saturated rings. The van der Waals surface area contributed by atoms with Crippen molar-refractivity contribution in [2.24, 2.45) is 5.73 Å². The van der Waals surface area contributed by atoms with Crippen LogP contribution in [0.25, 0.3) is 22.3 Å². The Morgan fingerprint density at radius 2 is 1.77 bits per heavy atom. The number of nitrogens with one attached hydrogen (secondary N) is 1. The summed E-state index contributed by atoms with van der Waals surface area (Å²) in [5.41, 5.74) is 16.8. The zero-order valence-electron chi connectivity index (χ0n) is 25.1. The molecule has 3 aromatic carbocycles. The maximum absolute atomic E-state index is 11.5. The Kier molecular flexibility index (Phi) is 8.04. The molecule has 1 aromatic heterocycles. The molecule has 44 heavy (non-hydrogen) atoms. The predicted molar refractivity (Wildman–Crippen MR) is 174 cm³/mol. The fourth-order valence-corrected chi connectivity index (χ4v) is 7.57. The molecule has 0 bridgehead atoms. The number of methoxy groups -OCH3 is 1. The summed E-state index contributed by atoms with van der Waals surface area (Å²) in [6, 6.07) is 23.9. The molecule has 0 unspecified atom stereocenters. The van der Waals surface area contributed by atoms with Crippen molar-refractivity contribution in [3.63, 3.8) is 0 Å². The summed E-state index contributed by atoms with van der Waals surface area (Å²) >= 11 is 7.15. The Morgan fingerprint density at radius 1 is 0.955 bits per heavy atom. The Labute approximate surface area is 263 Å². The van der Waals surface area contributed by atoms with Crippen LogP contribution >= 0.6 is 11.6 Å². The normalized spacial score (nSPS) is 20.3. The molecule has 1 saturated heterocycles. The van der Waals surface area contributed by atoms with Gasteiger partial charge in [0.05, 0.1) is 12.1 Å². The fourth-order valence-electron chi connectivity index (χ4n) is 7.24. The molecule has 226 valence electrons. The largest absolute Gasteiger partial charge is 0.481 e. The van der Waals surface area contributed by atoms with Crippen molar-refractivity contribution in [1.82, 2.24) is 10.3 Å². The topological polar surface area (TPSA) is 86.5 Å². The maximum Gasteiger partial charge on any atom is 0.220 e. The molecule has 3 atom stereocenters. The Bertz CT molecular complexity index is 1720.